The summed E-state index contributed by atoms with van der Waals surface area (Å²) in [7, 11) is 0. The highest BCUT2D eigenvalue weighted by molar-refractivity contribution is 7.17. The first-order valence-electron chi connectivity index (χ1n) is 8.21. The minimum atomic E-state index is 0.111. The maximum absolute atomic E-state index is 11.6. The van der Waals surface area contributed by atoms with E-state index in [0.29, 0.717) is 6.42 Å². The zero-order chi connectivity index (χ0) is 16.7. The van der Waals surface area contributed by atoms with Gasteiger partial charge < -0.3 is 10.6 Å². The number of fused-ring (bicyclic) bond motifs is 2. The molecule has 3 heterocycles. The lowest BCUT2D eigenvalue weighted by Crippen LogP contribution is -2.09. The van der Waals surface area contributed by atoms with E-state index in [9.17, 15) is 4.79 Å². The minimum Gasteiger partial charge on any atom is -0.379 e. The molecular formula is C18H20N4OS. The summed E-state index contributed by atoms with van der Waals surface area (Å²) in [5.41, 5.74) is 5.48. The van der Waals surface area contributed by atoms with Gasteiger partial charge in [-0.05, 0) is 50.5 Å². The van der Waals surface area contributed by atoms with Gasteiger partial charge in [0.15, 0.2) is 4.96 Å². The van der Waals surface area contributed by atoms with Crippen molar-refractivity contribution in [2.24, 2.45) is 0 Å². The van der Waals surface area contributed by atoms with Crippen molar-refractivity contribution in [3.05, 3.63) is 46.2 Å². The number of carbonyl (C=O) groups is 1. The lowest BCUT2D eigenvalue weighted by Gasteiger charge is -2.11. The molecule has 5 nitrogen and oxygen atoms in total. The topological polar surface area (TPSA) is 58.4 Å². The van der Waals surface area contributed by atoms with Crippen molar-refractivity contribution in [3.8, 4) is 0 Å². The number of rotatable bonds is 3. The summed E-state index contributed by atoms with van der Waals surface area (Å²) >= 11 is 1.71. The van der Waals surface area contributed by atoms with Gasteiger partial charge in [-0.1, -0.05) is 0 Å². The Balaban J connectivity index is 1.56. The number of hydrogen-bond acceptors (Lipinski definition) is 4. The van der Waals surface area contributed by atoms with Crippen LogP contribution in [0.1, 0.15) is 34.7 Å². The van der Waals surface area contributed by atoms with Crippen LogP contribution < -0.4 is 10.6 Å². The Bertz CT molecular complexity index is 925. The molecule has 0 bridgehead atoms. The second-order valence-electron chi connectivity index (χ2n) is 6.27. The van der Waals surface area contributed by atoms with Crippen LogP contribution in [0.3, 0.4) is 0 Å². The molecule has 0 unspecified atom stereocenters. The molecule has 1 amide bonds. The maximum Gasteiger partial charge on any atom is 0.224 e. The molecule has 0 spiro atoms. The van der Waals surface area contributed by atoms with Crippen LogP contribution in [-0.4, -0.2) is 15.3 Å². The maximum atomic E-state index is 11.6. The molecule has 0 atom stereocenters. The molecule has 24 heavy (non-hydrogen) atoms. The van der Waals surface area contributed by atoms with Crippen LogP contribution in [0, 0.1) is 13.8 Å². The molecule has 0 radical (unpaired) electrons. The van der Waals surface area contributed by atoms with E-state index in [1.165, 1.54) is 16.1 Å². The van der Waals surface area contributed by atoms with Crippen molar-refractivity contribution in [2.45, 2.75) is 39.7 Å². The fourth-order valence-corrected chi connectivity index (χ4v) is 4.08. The zero-order valence-corrected chi connectivity index (χ0v) is 14.7. The van der Waals surface area contributed by atoms with Gasteiger partial charge in [0.05, 0.1) is 17.9 Å². The molecular weight excluding hydrogens is 320 g/mol. The fourth-order valence-electron chi connectivity index (χ4n) is 3.19. The number of imidazole rings is 1. The molecule has 6 heteroatoms. The van der Waals surface area contributed by atoms with Gasteiger partial charge in [0, 0.05) is 28.9 Å². The quantitative estimate of drug-likeness (QED) is 0.760. The van der Waals surface area contributed by atoms with Gasteiger partial charge in [0.1, 0.15) is 0 Å². The number of aromatic nitrogens is 2. The van der Waals surface area contributed by atoms with Gasteiger partial charge in [-0.2, -0.15) is 0 Å². The number of nitrogens with zero attached hydrogens (tertiary/aromatic N) is 2. The highest BCUT2D eigenvalue weighted by Crippen LogP contribution is 2.26. The van der Waals surface area contributed by atoms with Crippen LogP contribution >= 0.6 is 11.3 Å². The van der Waals surface area contributed by atoms with Crippen LogP contribution in [0.2, 0.25) is 0 Å². The van der Waals surface area contributed by atoms with Crippen molar-refractivity contribution in [2.75, 3.05) is 10.6 Å². The number of thiazole rings is 1. The smallest absolute Gasteiger partial charge is 0.224 e. The number of anilines is 2. The largest absolute Gasteiger partial charge is 0.379 e. The van der Waals surface area contributed by atoms with E-state index in [4.69, 9.17) is 0 Å². The summed E-state index contributed by atoms with van der Waals surface area (Å²) in [6, 6.07) is 6.17. The SMILES string of the molecule is Cc1cn2c(CNc3ccc4c(c3)CCCC(=O)N4)c(C)nc2s1. The molecule has 1 aromatic carbocycles. The first kappa shape index (κ1) is 15.2. The van der Waals surface area contributed by atoms with Gasteiger partial charge >= 0.3 is 0 Å². The van der Waals surface area contributed by atoms with Crippen molar-refractivity contribution in [1.29, 1.82) is 0 Å². The number of aryl methyl sites for hydroxylation is 3. The molecule has 1 aliphatic heterocycles. The van der Waals surface area contributed by atoms with E-state index >= 15 is 0 Å². The van der Waals surface area contributed by atoms with Gasteiger partial charge in [0.2, 0.25) is 5.91 Å². The Morgan fingerprint density at radius 1 is 1.33 bits per heavy atom. The second kappa shape index (κ2) is 5.94. The highest BCUT2D eigenvalue weighted by atomic mass is 32.1. The lowest BCUT2D eigenvalue weighted by atomic mass is 10.1. The molecule has 0 saturated carbocycles. The van der Waals surface area contributed by atoms with E-state index < -0.39 is 0 Å². The van der Waals surface area contributed by atoms with Crippen LogP contribution in [0.5, 0.6) is 0 Å². The number of carbonyl (C=O) groups excluding carboxylic acids is 1. The minimum absolute atomic E-state index is 0.111. The standard InChI is InChI=1S/C18H20N4OS/c1-11-10-22-16(12(2)20-18(22)24-11)9-19-14-6-7-15-13(8-14)4-3-5-17(23)21-15/h6-8,10,19H,3-5,9H2,1-2H3,(H,21,23). The van der Waals surface area contributed by atoms with Crippen LogP contribution in [0.15, 0.2) is 24.4 Å². The number of nitrogens with one attached hydrogen (secondary N) is 2. The summed E-state index contributed by atoms with van der Waals surface area (Å²) in [6.07, 6.45) is 4.58. The van der Waals surface area contributed by atoms with Gasteiger partial charge in [-0.15, -0.1) is 11.3 Å². The first-order valence-corrected chi connectivity index (χ1v) is 9.02. The molecule has 124 valence electrons. The van der Waals surface area contributed by atoms with E-state index in [-0.39, 0.29) is 5.91 Å². The molecule has 0 fully saturated rings. The van der Waals surface area contributed by atoms with Gasteiger partial charge in [-0.3, -0.25) is 9.20 Å². The summed E-state index contributed by atoms with van der Waals surface area (Å²) in [6.45, 7) is 4.89. The van der Waals surface area contributed by atoms with Crippen molar-refractivity contribution in [1.82, 2.24) is 9.38 Å². The van der Waals surface area contributed by atoms with Gasteiger partial charge in [-0.25, -0.2) is 4.98 Å². The van der Waals surface area contributed by atoms with E-state index in [1.54, 1.807) is 11.3 Å². The number of benzene rings is 1. The predicted molar refractivity (Wildman–Crippen MR) is 97.9 cm³/mol. The normalized spacial score (nSPS) is 14.3. The molecule has 2 aromatic heterocycles. The summed E-state index contributed by atoms with van der Waals surface area (Å²) in [4.78, 5) is 18.6. The monoisotopic (exact) mass is 340 g/mol. The van der Waals surface area contributed by atoms with Gasteiger partial charge in [0.25, 0.3) is 0 Å². The first-order chi connectivity index (χ1) is 11.6. The molecule has 3 aromatic rings. The molecule has 0 aliphatic carbocycles. The Hall–Kier alpha value is -2.34. The zero-order valence-electron chi connectivity index (χ0n) is 13.8. The lowest BCUT2D eigenvalue weighted by molar-refractivity contribution is -0.116. The third kappa shape index (κ3) is 2.78. The molecule has 4 rings (SSSR count). The summed E-state index contributed by atoms with van der Waals surface area (Å²) in [5, 5.41) is 6.48. The Kier molecular flexibility index (Phi) is 3.76. The third-order valence-electron chi connectivity index (χ3n) is 4.43. The Labute approximate surface area is 144 Å². The summed E-state index contributed by atoms with van der Waals surface area (Å²) < 4.78 is 2.17. The predicted octanol–water partition coefficient (Wildman–Crippen LogP) is 3.90. The molecule has 1 aliphatic rings. The Morgan fingerprint density at radius 2 is 2.21 bits per heavy atom. The van der Waals surface area contributed by atoms with E-state index in [2.05, 4.69) is 46.1 Å². The fraction of sp³-hybridized carbons (Fsp3) is 0.333. The average molecular weight is 340 g/mol. The highest BCUT2D eigenvalue weighted by Gasteiger charge is 2.14. The number of hydrogen-bond donors (Lipinski definition) is 2. The van der Waals surface area contributed by atoms with Crippen molar-refractivity contribution in [3.63, 3.8) is 0 Å². The molecule has 0 saturated heterocycles. The number of amides is 1. The van der Waals surface area contributed by atoms with Crippen LogP contribution in [-0.2, 0) is 17.8 Å². The van der Waals surface area contributed by atoms with E-state index in [1.807, 2.05) is 12.1 Å². The average Bonchev–Trinajstić information content (AvgIpc) is 2.94. The summed E-state index contributed by atoms with van der Waals surface area (Å²) in [5.74, 6) is 0.111. The second-order valence-corrected chi connectivity index (χ2v) is 7.48. The van der Waals surface area contributed by atoms with Crippen molar-refractivity contribution >= 4 is 33.6 Å². The van der Waals surface area contributed by atoms with Crippen LogP contribution in [0.4, 0.5) is 11.4 Å². The Morgan fingerprint density at radius 3 is 3.08 bits per heavy atom. The van der Waals surface area contributed by atoms with Crippen LogP contribution in [0.25, 0.3) is 4.96 Å². The van der Waals surface area contributed by atoms with E-state index in [0.717, 1.165) is 41.4 Å². The third-order valence-corrected chi connectivity index (χ3v) is 5.33. The molecule has 2 N–H and O–H groups in total. The van der Waals surface area contributed by atoms with Crippen molar-refractivity contribution < 1.29 is 4.79 Å².